The molecule has 1 saturated heterocycles. The maximum atomic E-state index is 5.24. The van der Waals surface area contributed by atoms with Gasteiger partial charge in [-0.25, -0.2) is 4.98 Å². The number of hydrogen-bond acceptors (Lipinski definition) is 5. The van der Waals surface area contributed by atoms with Gasteiger partial charge in [0.2, 0.25) is 5.88 Å². The fourth-order valence-electron chi connectivity index (χ4n) is 3.29. The number of methoxy groups -OCH3 is 2. The zero-order valence-electron chi connectivity index (χ0n) is 14.6. The van der Waals surface area contributed by atoms with Crippen molar-refractivity contribution in [3.05, 3.63) is 47.9 Å². The number of aromatic nitrogens is 2. The summed E-state index contributed by atoms with van der Waals surface area (Å²) >= 11 is 0. The molecule has 0 amide bonds. The summed E-state index contributed by atoms with van der Waals surface area (Å²) < 4.78 is 10.4. The minimum atomic E-state index is 0.300. The topological polar surface area (TPSA) is 47.5 Å². The maximum Gasteiger partial charge on any atom is 0.213 e. The molecule has 5 nitrogen and oxygen atoms in total. The molecule has 2 aromatic rings. The Morgan fingerprint density at radius 1 is 1.21 bits per heavy atom. The van der Waals surface area contributed by atoms with Crippen LogP contribution in [0.4, 0.5) is 0 Å². The van der Waals surface area contributed by atoms with Crippen molar-refractivity contribution < 1.29 is 9.47 Å². The van der Waals surface area contributed by atoms with Gasteiger partial charge in [-0.3, -0.25) is 9.88 Å². The second kappa shape index (κ2) is 7.62. The Morgan fingerprint density at radius 3 is 2.79 bits per heavy atom. The van der Waals surface area contributed by atoms with Gasteiger partial charge < -0.3 is 9.47 Å². The van der Waals surface area contributed by atoms with Crippen LogP contribution in [0, 0.1) is 5.92 Å². The van der Waals surface area contributed by atoms with Crippen molar-refractivity contribution in [2.45, 2.75) is 25.8 Å². The van der Waals surface area contributed by atoms with E-state index in [9.17, 15) is 0 Å². The van der Waals surface area contributed by atoms with E-state index < -0.39 is 0 Å². The Hall–Kier alpha value is -2.14. The molecule has 128 valence electrons. The number of hydrogen-bond donors (Lipinski definition) is 0. The highest BCUT2D eigenvalue weighted by molar-refractivity contribution is 5.20. The summed E-state index contributed by atoms with van der Waals surface area (Å²) in [5.41, 5.74) is 2.20. The lowest BCUT2D eigenvalue weighted by atomic mass is 10.0. The van der Waals surface area contributed by atoms with Crippen LogP contribution < -0.4 is 9.47 Å². The second-order valence-electron chi connectivity index (χ2n) is 6.32. The molecule has 1 aliphatic rings. The lowest BCUT2D eigenvalue weighted by Gasteiger charge is -2.24. The molecule has 0 radical (unpaired) electrons. The molecule has 1 fully saturated rings. The summed E-state index contributed by atoms with van der Waals surface area (Å²) in [5, 5.41) is 0. The second-order valence-corrected chi connectivity index (χ2v) is 6.32. The van der Waals surface area contributed by atoms with Crippen molar-refractivity contribution in [1.82, 2.24) is 14.9 Å². The molecule has 0 saturated carbocycles. The summed E-state index contributed by atoms with van der Waals surface area (Å²) in [6.45, 7) is 4.39. The predicted molar refractivity (Wildman–Crippen MR) is 93.4 cm³/mol. The molecule has 0 spiro atoms. The first kappa shape index (κ1) is 16.7. The van der Waals surface area contributed by atoms with Crippen molar-refractivity contribution in [1.29, 1.82) is 0 Å². The quantitative estimate of drug-likeness (QED) is 0.816. The Bertz CT molecular complexity index is 660. The van der Waals surface area contributed by atoms with E-state index in [4.69, 9.17) is 9.47 Å². The summed E-state index contributed by atoms with van der Waals surface area (Å²) in [6, 6.07) is 10.3. The summed E-state index contributed by atoms with van der Waals surface area (Å²) in [6.07, 6.45) is 4.01. The van der Waals surface area contributed by atoms with Crippen LogP contribution >= 0.6 is 0 Å². The van der Waals surface area contributed by atoms with Crippen molar-refractivity contribution >= 4 is 0 Å². The molecule has 0 N–H and O–H groups in total. The van der Waals surface area contributed by atoms with Crippen LogP contribution in [0.2, 0.25) is 0 Å². The minimum absolute atomic E-state index is 0.300. The van der Waals surface area contributed by atoms with Crippen molar-refractivity contribution in [3.63, 3.8) is 0 Å². The van der Waals surface area contributed by atoms with E-state index in [-0.39, 0.29) is 0 Å². The third-order valence-electron chi connectivity index (χ3n) is 4.78. The van der Waals surface area contributed by atoms with Crippen LogP contribution in [-0.2, 0) is 6.42 Å². The first-order valence-corrected chi connectivity index (χ1v) is 8.43. The molecule has 3 rings (SSSR count). The van der Waals surface area contributed by atoms with Gasteiger partial charge in [0.25, 0.3) is 0 Å². The monoisotopic (exact) mass is 327 g/mol. The van der Waals surface area contributed by atoms with E-state index in [0.29, 0.717) is 17.8 Å². The fourth-order valence-corrected chi connectivity index (χ4v) is 3.29. The van der Waals surface area contributed by atoms with Gasteiger partial charge in [0.05, 0.1) is 26.1 Å². The highest BCUT2D eigenvalue weighted by Crippen LogP contribution is 2.29. The summed E-state index contributed by atoms with van der Waals surface area (Å²) in [5.74, 6) is 2.13. The highest BCUT2D eigenvalue weighted by Gasteiger charge is 2.27. The predicted octanol–water partition coefficient (Wildman–Crippen LogP) is 3.12. The standard InChI is InChI=1S/C19H25N3O2/c1-14(18-5-4-6-19(21-18)24-3)22-10-9-15(13-22)11-16-7-8-17(23-2)12-20-16/h4-8,12,14-15H,9-11,13H2,1-3H3/t14?,15-/m1/s1. The van der Waals surface area contributed by atoms with E-state index in [0.717, 1.165) is 36.6 Å². The molecule has 1 aliphatic heterocycles. The lowest BCUT2D eigenvalue weighted by Crippen LogP contribution is -2.25. The molecule has 2 aromatic heterocycles. The van der Waals surface area contributed by atoms with Crippen LogP contribution in [0.5, 0.6) is 11.6 Å². The number of likely N-dealkylation sites (tertiary alicyclic amines) is 1. The Morgan fingerprint density at radius 2 is 2.08 bits per heavy atom. The van der Waals surface area contributed by atoms with Gasteiger partial charge in [0.1, 0.15) is 5.75 Å². The van der Waals surface area contributed by atoms with E-state index >= 15 is 0 Å². The van der Waals surface area contributed by atoms with Gasteiger partial charge in [-0.15, -0.1) is 0 Å². The molecule has 0 bridgehead atoms. The fraction of sp³-hybridized carbons (Fsp3) is 0.474. The van der Waals surface area contributed by atoms with Crippen LogP contribution in [0.25, 0.3) is 0 Å². The average molecular weight is 327 g/mol. The van der Waals surface area contributed by atoms with Gasteiger partial charge >= 0.3 is 0 Å². The van der Waals surface area contributed by atoms with Gasteiger partial charge in [-0.1, -0.05) is 6.07 Å². The molecule has 24 heavy (non-hydrogen) atoms. The van der Waals surface area contributed by atoms with Crippen molar-refractivity contribution in [2.24, 2.45) is 5.92 Å². The van der Waals surface area contributed by atoms with Crippen LogP contribution in [-0.4, -0.2) is 42.2 Å². The Balaban J connectivity index is 1.59. The largest absolute Gasteiger partial charge is 0.495 e. The highest BCUT2D eigenvalue weighted by atomic mass is 16.5. The molecule has 0 aromatic carbocycles. The number of pyridine rings is 2. The average Bonchev–Trinajstić information content (AvgIpc) is 3.10. The third-order valence-corrected chi connectivity index (χ3v) is 4.78. The van der Waals surface area contributed by atoms with Crippen molar-refractivity contribution in [3.8, 4) is 11.6 Å². The number of nitrogens with zero attached hydrogens (tertiary/aromatic N) is 3. The zero-order chi connectivity index (χ0) is 16.9. The van der Waals surface area contributed by atoms with Gasteiger partial charge in [0.15, 0.2) is 0 Å². The number of ether oxygens (including phenoxy) is 2. The molecule has 0 aliphatic carbocycles. The lowest BCUT2D eigenvalue weighted by molar-refractivity contribution is 0.246. The molecule has 2 atom stereocenters. The van der Waals surface area contributed by atoms with E-state index in [1.807, 2.05) is 18.2 Å². The molecule has 5 heteroatoms. The summed E-state index contributed by atoms with van der Waals surface area (Å²) in [4.78, 5) is 11.6. The van der Waals surface area contributed by atoms with E-state index in [1.54, 1.807) is 20.4 Å². The minimum Gasteiger partial charge on any atom is -0.495 e. The SMILES string of the molecule is COc1ccc(C[C@H]2CCN(C(C)c3cccc(OC)n3)C2)nc1. The zero-order valence-corrected chi connectivity index (χ0v) is 14.6. The van der Waals surface area contributed by atoms with Gasteiger partial charge in [-0.2, -0.15) is 0 Å². The van der Waals surface area contributed by atoms with Gasteiger partial charge in [-0.05, 0) is 50.4 Å². The van der Waals surface area contributed by atoms with Crippen LogP contribution in [0.15, 0.2) is 36.5 Å². The van der Waals surface area contributed by atoms with Gasteiger partial charge in [0, 0.05) is 24.3 Å². The normalized spacial score (nSPS) is 19.2. The Kier molecular flexibility index (Phi) is 5.30. The first-order valence-electron chi connectivity index (χ1n) is 8.43. The Labute approximate surface area is 143 Å². The van der Waals surface area contributed by atoms with Crippen LogP contribution in [0.1, 0.15) is 30.8 Å². The molecular weight excluding hydrogens is 302 g/mol. The molecular formula is C19H25N3O2. The van der Waals surface area contributed by atoms with E-state index in [2.05, 4.69) is 33.9 Å². The van der Waals surface area contributed by atoms with E-state index in [1.165, 1.54) is 6.42 Å². The van der Waals surface area contributed by atoms with Crippen molar-refractivity contribution in [2.75, 3.05) is 27.3 Å². The van der Waals surface area contributed by atoms with Crippen LogP contribution in [0.3, 0.4) is 0 Å². The maximum absolute atomic E-state index is 5.24. The molecule has 3 heterocycles. The third kappa shape index (κ3) is 3.85. The summed E-state index contributed by atoms with van der Waals surface area (Å²) in [7, 11) is 3.32. The first-order chi connectivity index (χ1) is 11.7. The molecule has 1 unspecified atom stereocenters. The smallest absolute Gasteiger partial charge is 0.213 e. The number of rotatable bonds is 6.